The van der Waals surface area contributed by atoms with Crippen molar-refractivity contribution >= 4 is 17.9 Å². The van der Waals surface area contributed by atoms with Gasteiger partial charge in [0.25, 0.3) is 0 Å². The maximum atomic E-state index is 13.4. The highest BCUT2D eigenvalue weighted by Crippen LogP contribution is 2.25. The summed E-state index contributed by atoms with van der Waals surface area (Å²) in [5.41, 5.74) is 1.96. The lowest BCUT2D eigenvalue weighted by Crippen LogP contribution is -2.48. The highest BCUT2D eigenvalue weighted by molar-refractivity contribution is 5.90. The number of benzene rings is 2. The lowest BCUT2D eigenvalue weighted by molar-refractivity contribution is -0.140. The topological polar surface area (TPSA) is 87.7 Å². The van der Waals surface area contributed by atoms with Crippen LogP contribution in [0.3, 0.4) is 0 Å². The summed E-state index contributed by atoms with van der Waals surface area (Å²) in [4.78, 5) is 40.2. The van der Waals surface area contributed by atoms with Gasteiger partial charge in [-0.2, -0.15) is 0 Å². The molecule has 0 spiro atoms. The predicted octanol–water partition coefficient (Wildman–Crippen LogP) is 4.12. The van der Waals surface area contributed by atoms with Crippen molar-refractivity contribution in [1.82, 2.24) is 15.5 Å². The Bertz CT molecular complexity index is 938. The van der Waals surface area contributed by atoms with Crippen LogP contribution < -0.4 is 10.6 Å². The summed E-state index contributed by atoms with van der Waals surface area (Å²) < 4.78 is 5.23. The van der Waals surface area contributed by atoms with Crippen molar-refractivity contribution in [1.29, 1.82) is 0 Å². The van der Waals surface area contributed by atoms with Gasteiger partial charge in [0.15, 0.2) is 0 Å². The number of amides is 3. The van der Waals surface area contributed by atoms with Crippen molar-refractivity contribution in [3.63, 3.8) is 0 Å². The van der Waals surface area contributed by atoms with Crippen LogP contribution in [0.4, 0.5) is 4.79 Å². The second kappa shape index (κ2) is 12.0. The van der Waals surface area contributed by atoms with Gasteiger partial charge in [-0.25, -0.2) is 4.79 Å². The summed E-state index contributed by atoms with van der Waals surface area (Å²) in [5, 5.41) is 5.48. The molecule has 2 rings (SSSR count). The first-order valence-corrected chi connectivity index (χ1v) is 11.3. The fraction of sp³-hybridized carbons (Fsp3) is 0.423. The van der Waals surface area contributed by atoms with Crippen LogP contribution in [0.5, 0.6) is 0 Å². The number of nitrogens with one attached hydrogen (secondary N) is 2. The quantitative estimate of drug-likeness (QED) is 0.598. The molecule has 0 aliphatic carbocycles. The minimum atomic E-state index is -0.817. The number of nitrogens with zero attached hydrogens (tertiary/aromatic N) is 1. The standard InChI is InChI=1S/C26H35N3O4/c1-6-16-29(22(30)18-28-25(32)33-26(3,4)5)23(21-15-11-10-12-19(21)2)24(31)27-17-20-13-8-7-9-14-20/h7-15,23H,6,16-18H2,1-5H3,(H,27,31)(H,28,32). The predicted molar refractivity (Wildman–Crippen MR) is 128 cm³/mol. The fourth-order valence-electron chi connectivity index (χ4n) is 3.43. The molecule has 1 unspecified atom stereocenters. The summed E-state index contributed by atoms with van der Waals surface area (Å²) in [6, 6.07) is 16.3. The average Bonchev–Trinajstić information content (AvgIpc) is 2.76. The van der Waals surface area contributed by atoms with Gasteiger partial charge in [0.1, 0.15) is 18.2 Å². The summed E-state index contributed by atoms with van der Waals surface area (Å²) in [7, 11) is 0. The molecule has 7 nitrogen and oxygen atoms in total. The third kappa shape index (κ3) is 8.25. The Morgan fingerprint density at radius 3 is 2.21 bits per heavy atom. The van der Waals surface area contributed by atoms with Crippen LogP contribution in [0.25, 0.3) is 0 Å². The minimum Gasteiger partial charge on any atom is -0.444 e. The summed E-state index contributed by atoms with van der Waals surface area (Å²) in [6.45, 7) is 9.58. The maximum absolute atomic E-state index is 13.4. The Morgan fingerprint density at radius 2 is 1.61 bits per heavy atom. The van der Waals surface area contributed by atoms with Gasteiger partial charge >= 0.3 is 6.09 Å². The Morgan fingerprint density at radius 1 is 0.970 bits per heavy atom. The molecule has 0 aliphatic rings. The molecule has 7 heteroatoms. The summed E-state index contributed by atoms with van der Waals surface area (Å²) in [6.07, 6.45) is -0.0136. The average molecular weight is 454 g/mol. The summed E-state index contributed by atoms with van der Waals surface area (Å²) in [5.74, 6) is -0.627. The molecule has 3 amide bonds. The van der Waals surface area contributed by atoms with Gasteiger partial charge in [-0.1, -0.05) is 61.5 Å². The zero-order valence-electron chi connectivity index (χ0n) is 20.2. The van der Waals surface area contributed by atoms with Crippen molar-refractivity contribution in [3.8, 4) is 0 Å². The van der Waals surface area contributed by atoms with E-state index in [1.165, 1.54) is 4.90 Å². The van der Waals surface area contributed by atoms with Gasteiger partial charge in [0, 0.05) is 13.1 Å². The number of aryl methyl sites for hydroxylation is 1. The van der Waals surface area contributed by atoms with Crippen LogP contribution in [0.1, 0.15) is 56.8 Å². The Kier molecular flexibility index (Phi) is 9.45. The van der Waals surface area contributed by atoms with E-state index in [0.717, 1.165) is 16.7 Å². The van der Waals surface area contributed by atoms with Crippen molar-refractivity contribution in [2.45, 2.75) is 59.2 Å². The molecule has 0 heterocycles. The number of hydrogen-bond donors (Lipinski definition) is 2. The summed E-state index contributed by atoms with van der Waals surface area (Å²) >= 11 is 0. The van der Waals surface area contributed by atoms with Crippen LogP contribution in [0.2, 0.25) is 0 Å². The molecule has 2 aromatic carbocycles. The molecule has 0 radical (unpaired) electrons. The number of ether oxygens (including phenoxy) is 1. The zero-order valence-corrected chi connectivity index (χ0v) is 20.2. The van der Waals surface area contributed by atoms with E-state index < -0.39 is 17.7 Å². The molecule has 1 atom stereocenters. The largest absolute Gasteiger partial charge is 0.444 e. The monoisotopic (exact) mass is 453 g/mol. The molecule has 0 saturated heterocycles. The van der Waals surface area contributed by atoms with E-state index in [4.69, 9.17) is 4.74 Å². The first-order valence-electron chi connectivity index (χ1n) is 11.3. The van der Waals surface area contributed by atoms with Gasteiger partial charge < -0.3 is 20.3 Å². The smallest absolute Gasteiger partial charge is 0.408 e. The first-order chi connectivity index (χ1) is 15.6. The number of carbonyl (C=O) groups excluding carboxylic acids is 3. The number of carbonyl (C=O) groups is 3. The van der Waals surface area contributed by atoms with E-state index in [9.17, 15) is 14.4 Å². The Labute approximate surface area is 196 Å². The van der Waals surface area contributed by atoms with Crippen molar-refractivity contribution in [3.05, 3.63) is 71.3 Å². The lowest BCUT2D eigenvalue weighted by Gasteiger charge is -2.32. The lowest BCUT2D eigenvalue weighted by atomic mass is 9.98. The zero-order chi connectivity index (χ0) is 24.4. The van der Waals surface area contributed by atoms with Gasteiger partial charge in [-0.05, 0) is 50.8 Å². The fourth-order valence-corrected chi connectivity index (χ4v) is 3.43. The maximum Gasteiger partial charge on any atom is 0.408 e. The van der Waals surface area contributed by atoms with Gasteiger partial charge in [-0.3, -0.25) is 9.59 Å². The molecule has 0 aromatic heterocycles. The molecule has 0 fully saturated rings. The molecular weight excluding hydrogens is 418 g/mol. The van der Waals surface area contributed by atoms with Crippen LogP contribution >= 0.6 is 0 Å². The second-order valence-corrected chi connectivity index (χ2v) is 8.91. The Balaban J connectivity index is 2.25. The van der Waals surface area contributed by atoms with Gasteiger partial charge in [-0.15, -0.1) is 0 Å². The molecule has 2 N–H and O–H groups in total. The van der Waals surface area contributed by atoms with Crippen LogP contribution in [-0.4, -0.2) is 41.5 Å². The molecule has 33 heavy (non-hydrogen) atoms. The van der Waals surface area contributed by atoms with E-state index in [1.54, 1.807) is 20.8 Å². The highest BCUT2D eigenvalue weighted by atomic mass is 16.6. The molecule has 0 saturated carbocycles. The number of hydrogen-bond acceptors (Lipinski definition) is 4. The van der Waals surface area contributed by atoms with Crippen molar-refractivity contribution < 1.29 is 19.1 Å². The van der Waals surface area contributed by atoms with E-state index in [0.29, 0.717) is 19.5 Å². The molecule has 2 aromatic rings. The van der Waals surface area contributed by atoms with Crippen molar-refractivity contribution in [2.24, 2.45) is 0 Å². The van der Waals surface area contributed by atoms with E-state index in [1.807, 2.05) is 68.4 Å². The third-order valence-electron chi connectivity index (χ3n) is 4.92. The van der Waals surface area contributed by atoms with Crippen molar-refractivity contribution in [2.75, 3.05) is 13.1 Å². The van der Waals surface area contributed by atoms with E-state index in [2.05, 4.69) is 10.6 Å². The van der Waals surface area contributed by atoms with Crippen LogP contribution in [-0.2, 0) is 20.9 Å². The van der Waals surface area contributed by atoms with Gasteiger partial charge in [0.2, 0.25) is 11.8 Å². The van der Waals surface area contributed by atoms with E-state index >= 15 is 0 Å². The number of rotatable bonds is 9. The van der Waals surface area contributed by atoms with Gasteiger partial charge in [0.05, 0.1) is 0 Å². The first kappa shape index (κ1) is 25.9. The molecule has 178 valence electrons. The normalized spacial score (nSPS) is 11.9. The van der Waals surface area contributed by atoms with E-state index in [-0.39, 0.29) is 18.4 Å². The molecule has 0 bridgehead atoms. The molecular formula is C26H35N3O4. The molecule has 0 aliphatic heterocycles. The third-order valence-corrected chi connectivity index (χ3v) is 4.92. The SMILES string of the molecule is CCCN(C(=O)CNC(=O)OC(C)(C)C)C(C(=O)NCc1ccccc1)c1ccccc1C. The highest BCUT2D eigenvalue weighted by Gasteiger charge is 2.32. The van der Waals surface area contributed by atoms with Crippen LogP contribution in [0, 0.1) is 6.92 Å². The number of alkyl carbamates (subject to hydrolysis) is 1. The Hall–Kier alpha value is -3.35. The minimum absolute atomic E-state index is 0.261. The second-order valence-electron chi connectivity index (χ2n) is 8.91. The van der Waals surface area contributed by atoms with Crippen LogP contribution in [0.15, 0.2) is 54.6 Å².